The van der Waals surface area contributed by atoms with E-state index < -0.39 is 11.6 Å². The van der Waals surface area contributed by atoms with Crippen LogP contribution >= 0.6 is 23.1 Å². The van der Waals surface area contributed by atoms with Gasteiger partial charge in [-0.3, -0.25) is 10.1 Å². The van der Waals surface area contributed by atoms with Crippen molar-refractivity contribution < 1.29 is 14.0 Å². The summed E-state index contributed by atoms with van der Waals surface area (Å²) in [5.41, 5.74) is -0.398. The van der Waals surface area contributed by atoms with Gasteiger partial charge < -0.3 is 15.1 Å². The molecule has 0 aromatic carbocycles. The van der Waals surface area contributed by atoms with E-state index in [4.69, 9.17) is 4.42 Å². The number of imide groups is 1. The number of thioether (sulfide) groups is 1. The number of carbonyl (C=O) groups excluding carboxylic acids is 2. The quantitative estimate of drug-likeness (QED) is 0.671. The number of aromatic nitrogens is 2. The molecule has 10 heteroatoms. The highest BCUT2D eigenvalue weighted by Crippen LogP contribution is 2.25. The molecule has 0 radical (unpaired) electrons. The van der Waals surface area contributed by atoms with Crippen LogP contribution in [-0.4, -0.2) is 33.4 Å². The van der Waals surface area contributed by atoms with Gasteiger partial charge in [-0.15, -0.1) is 10.2 Å². The summed E-state index contributed by atoms with van der Waals surface area (Å²) in [4.78, 5) is 23.3. The van der Waals surface area contributed by atoms with E-state index in [1.165, 1.54) is 23.1 Å². The Labute approximate surface area is 147 Å². The summed E-state index contributed by atoms with van der Waals surface area (Å²) in [5, 5.41) is 16.6. The SMILES string of the molecule is CC(C)(C)NC(=O)NC(=O)CSc1nnc(NCc2ccco2)s1. The molecule has 2 aromatic heterocycles. The molecule has 2 rings (SSSR count). The number of nitrogens with one attached hydrogen (secondary N) is 3. The minimum Gasteiger partial charge on any atom is -0.467 e. The first kappa shape index (κ1) is 18.3. The average molecular weight is 369 g/mol. The fourth-order valence-corrected chi connectivity index (χ4v) is 3.12. The summed E-state index contributed by atoms with van der Waals surface area (Å²) >= 11 is 2.56. The largest absolute Gasteiger partial charge is 0.467 e. The van der Waals surface area contributed by atoms with Gasteiger partial charge in [0.25, 0.3) is 0 Å². The normalized spacial score (nSPS) is 11.1. The molecule has 0 aliphatic heterocycles. The topological polar surface area (TPSA) is 109 Å². The second-order valence-electron chi connectivity index (χ2n) is 5.85. The molecule has 2 aromatic rings. The maximum absolute atomic E-state index is 11.7. The van der Waals surface area contributed by atoms with Gasteiger partial charge in [-0.25, -0.2) is 4.79 Å². The first-order valence-electron chi connectivity index (χ1n) is 7.16. The number of hydrogen-bond acceptors (Lipinski definition) is 8. The molecule has 0 saturated heterocycles. The summed E-state index contributed by atoms with van der Waals surface area (Å²) < 4.78 is 5.85. The lowest BCUT2D eigenvalue weighted by Crippen LogP contribution is -2.48. The highest BCUT2D eigenvalue weighted by Gasteiger charge is 2.16. The van der Waals surface area contributed by atoms with Crippen molar-refractivity contribution in [2.75, 3.05) is 11.1 Å². The molecule has 0 fully saturated rings. The summed E-state index contributed by atoms with van der Waals surface area (Å²) in [5.74, 6) is 0.496. The zero-order valence-corrected chi connectivity index (χ0v) is 15.2. The van der Waals surface area contributed by atoms with Crippen molar-refractivity contribution in [1.82, 2.24) is 20.8 Å². The first-order chi connectivity index (χ1) is 11.3. The van der Waals surface area contributed by atoms with Crippen LogP contribution < -0.4 is 16.0 Å². The van der Waals surface area contributed by atoms with Crippen LogP contribution in [0, 0.1) is 0 Å². The summed E-state index contributed by atoms with van der Waals surface area (Å²) in [6, 6.07) is 3.16. The minimum atomic E-state index is -0.508. The predicted molar refractivity (Wildman–Crippen MR) is 93.1 cm³/mol. The Bertz CT molecular complexity index is 679. The Morgan fingerprint density at radius 2 is 2.12 bits per heavy atom. The Hall–Kier alpha value is -2.07. The Kier molecular flexibility index (Phi) is 6.21. The van der Waals surface area contributed by atoms with Gasteiger partial charge >= 0.3 is 6.03 Å². The Morgan fingerprint density at radius 1 is 1.33 bits per heavy atom. The van der Waals surface area contributed by atoms with E-state index in [1.807, 2.05) is 32.9 Å². The molecule has 0 bridgehead atoms. The van der Waals surface area contributed by atoms with Crippen LogP contribution in [0.2, 0.25) is 0 Å². The second-order valence-corrected chi connectivity index (χ2v) is 8.05. The summed E-state index contributed by atoms with van der Waals surface area (Å²) in [6.45, 7) is 6.03. The second kappa shape index (κ2) is 8.15. The molecular weight excluding hydrogens is 350 g/mol. The van der Waals surface area contributed by atoms with Gasteiger partial charge in [0.15, 0.2) is 4.34 Å². The summed E-state index contributed by atoms with van der Waals surface area (Å²) in [7, 11) is 0. The first-order valence-corrected chi connectivity index (χ1v) is 8.96. The Morgan fingerprint density at radius 3 is 2.79 bits per heavy atom. The van der Waals surface area contributed by atoms with Crippen LogP contribution in [0.25, 0.3) is 0 Å². The number of furan rings is 1. The molecule has 0 aliphatic carbocycles. The van der Waals surface area contributed by atoms with Crippen molar-refractivity contribution in [3.05, 3.63) is 24.2 Å². The number of anilines is 1. The molecule has 0 spiro atoms. The lowest BCUT2D eigenvalue weighted by atomic mass is 10.1. The standard InChI is InChI=1S/C14H19N5O3S2/c1-14(2,3)17-11(21)16-10(20)8-23-13-19-18-12(24-13)15-7-9-5-4-6-22-9/h4-6H,7-8H2,1-3H3,(H,15,18)(H2,16,17,20,21). The molecular formula is C14H19N5O3S2. The Balaban J connectivity index is 1.72. The lowest BCUT2D eigenvalue weighted by molar-refractivity contribution is -0.117. The van der Waals surface area contributed by atoms with Crippen molar-refractivity contribution in [2.24, 2.45) is 0 Å². The van der Waals surface area contributed by atoms with Gasteiger partial charge in [0, 0.05) is 5.54 Å². The van der Waals surface area contributed by atoms with Crippen molar-refractivity contribution in [3.63, 3.8) is 0 Å². The number of carbonyl (C=O) groups is 2. The van der Waals surface area contributed by atoms with E-state index in [0.717, 1.165) is 5.76 Å². The molecule has 24 heavy (non-hydrogen) atoms. The van der Waals surface area contributed by atoms with E-state index in [2.05, 4.69) is 26.1 Å². The van der Waals surface area contributed by atoms with Crippen LogP contribution in [0.4, 0.5) is 9.93 Å². The van der Waals surface area contributed by atoms with Crippen LogP contribution in [0.5, 0.6) is 0 Å². The molecule has 0 saturated carbocycles. The molecule has 2 heterocycles. The van der Waals surface area contributed by atoms with Gasteiger partial charge in [-0.05, 0) is 32.9 Å². The molecule has 130 valence electrons. The number of nitrogens with zero attached hydrogens (tertiary/aromatic N) is 2. The van der Waals surface area contributed by atoms with Crippen molar-refractivity contribution in [1.29, 1.82) is 0 Å². The number of rotatable bonds is 6. The zero-order chi connectivity index (χ0) is 17.6. The van der Waals surface area contributed by atoms with Gasteiger partial charge in [0.05, 0.1) is 18.6 Å². The van der Waals surface area contributed by atoms with Gasteiger partial charge in [-0.2, -0.15) is 0 Å². The lowest BCUT2D eigenvalue weighted by Gasteiger charge is -2.20. The van der Waals surface area contributed by atoms with E-state index in [0.29, 0.717) is 16.0 Å². The van der Waals surface area contributed by atoms with Crippen LogP contribution in [0.1, 0.15) is 26.5 Å². The molecule has 0 aliphatic rings. The van der Waals surface area contributed by atoms with Crippen molar-refractivity contribution >= 4 is 40.2 Å². The van der Waals surface area contributed by atoms with Crippen molar-refractivity contribution in [3.8, 4) is 0 Å². The van der Waals surface area contributed by atoms with Gasteiger partial charge in [0.2, 0.25) is 11.0 Å². The van der Waals surface area contributed by atoms with Gasteiger partial charge in [-0.1, -0.05) is 23.1 Å². The third-order valence-corrected chi connectivity index (χ3v) is 4.48. The van der Waals surface area contributed by atoms with Crippen LogP contribution in [0.3, 0.4) is 0 Å². The molecule has 0 atom stereocenters. The molecule has 3 amide bonds. The fraction of sp³-hybridized carbons (Fsp3) is 0.429. The maximum Gasteiger partial charge on any atom is 0.321 e. The predicted octanol–water partition coefficient (Wildman–Crippen LogP) is 2.46. The monoisotopic (exact) mass is 369 g/mol. The maximum atomic E-state index is 11.7. The average Bonchev–Trinajstić information content (AvgIpc) is 3.12. The third kappa shape index (κ3) is 6.59. The van der Waals surface area contributed by atoms with Gasteiger partial charge in [0.1, 0.15) is 5.76 Å². The number of urea groups is 1. The third-order valence-electron chi connectivity index (χ3n) is 2.47. The molecule has 8 nitrogen and oxygen atoms in total. The highest BCUT2D eigenvalue weighted by atomic mass is 32.2. The van der Waals surface area contributed by atoms with Crippen LogP contribution in [0.15, 0.2) is 27.2 Å². The minimum absolute atomic E-state index is 0.0877. The molecule has 0 unspecified atom stereocenters. The van der Waals surface area contributed by atoms with E-state index >= 15 is 0 Å². The van der Waals surface area contributed by atoms with E-state index in [1.54, 1.807) is 6.26 Å². The smallest absolute Gasteiger partial charge is 0.321 e. The van der Waals surface area contributed by atoms with Crippen LogP contribution in [-0.2, 0) is 11.3 Å². The summed E-state index contributed by atoms with van der Waals surface area (Å²) in [6.07, 6.45) is 1.60. The number of hydrogen-bond donors (Lipinski definition) is 3. The fourth-order valence-electron chi connectivity index (χ4n) is 1.58. The van der Waals surface area contributed by atoms with E-state index in [-0.39, 0.29) is 11.7 Å². The number of amides is 3. The zero-order valence-electron chi connectivity index (χ0n) is 13.6. The van der Waals surface area contributed by atoms with E-state index in [9.17, 15) is 9.59 Å². The van der Waals surface area contributed by atoms with Crippen molar-refractivity contribution in [2.45, 2.75) is 37.2 Å². The highest BCUT2D eigenvalue weighted by molar-refractivity contribution is 8.01. The molecule has 3 N–H and O–H groups in total.